The van der Waals surface area contributed by atoms with Crippen molar-refractivity contribution in [1.82, 2.24) is 9.91 Å². The molecule has 2 aliphatic heterocycles. The lowest BCUT2D eigenvalue weighted by Gasteiger charge is -2.39. The third-order valence-corrected chi connectivity index (χ3v) is 5.92. The Hall–Kier alpha value is -4.01. The molecule has 1 saturated heterocycles. The maximum absolute atomic E-state index is 13.2. The van der Waals surface area contributed by atoms with Crippen molar-refractivity contribution in [2.24, 2.45) is 16.3 Å². The Morgan fingerprint density at radius 1 is 1.03 bits per heavy atom. The van der Waals surface area contributed by atoms with Gasteiger partial charge in [0.25, 0.3) is 5.91 Å². The maximum Gasteiger partial charge on any atom is 0.342 e. The number of amides is 4. The van der Waals surface area contributed by atoms with Gasteiger partial charge in [0.1, 0.15) is 12.0 Å². The van der Waals surface area contributed by atoms with Crippen LogP contribution in [-0.4, -0.2) is 59.1 Å². The molecule has 2 heterocycles. The Bertz CT molecular complexity index is 1100. The number of rotatable bonds is 6. The van der Waals surface area contributed by atoms with Crippen molar-refractivity contribution in [3.05, 3.63) is 71.8 Å². The number of hydrogen-bond acceptors (Lipinski definition) is 6. The number of benzene rings is 2. The van der Waals surface area contributed by atoms with Gasteiger partial charge in [0.2, 0.25) is 5.91 Å². The summed E-state index contributed by atoms with van der Waals surface area (Å²) in [5.74, 6) is -1.27. The molecule has 2 aromatic carbocycles. The molecule has 1 fully saturated rings. The van der Waals surface area contributed by atoms with Crippen LogP contribution in [0.5, 0.6) is 0 Å². The molecule has 1 unspecified atom stereocenters. The van der Waals surface area contributed by atoms with E-state index in [2.05, 4.69) is 5.10 Å². The first kappa shape index (κ1) is 22.2. The molecule has 4 rings (SSSR count). The first-order chi connectivity index (χ1) is 15.9. The minimum atomic E-state index is -1.15. The van der Waals surface area contributed by atoms with Gasteiger partial charge in [0.15, 0.2) is 0 Å². The number of imide groups is 1. The third-order valence-electron chi connectivity index (χ3n) is 5.92. The standard InChI is InChI=1S/C24H24N4O5/c25-23(32)28-22(31)24(15-17-7-3-1-4-8-17)16-27(13-11-19(24)26-28)20(29)12-14-33-21(30)18-9-5-2-6-10-18/h1-10H,11-16H2,(H2,25,32). The van der Waals surface area contributed by atoms with Crippen LogP contribution in [0.1, 0.15) is 28.8 Å². The first-order valence-electron chi connectivity index (χ1n) is 10.7. The zero-order valence-electron chi connectivity index (χ0n) is 18.0. The van der Waals surface area contributed by atoms with Crippen LogP contribution in [0, 0.1) is 5.41 Å². The quantitative estimate of drug-likeness (QED) is 0.677. The largest absolute Gasteiger partial charge is 0.462 e. The summed E-state index contributed by atoms with van der Waals surface area (Å²) in [6.45, 7) is 0.354. The van der Waals surface area contributed by atoms with Gasteiger partial charge >= 0.3 is 12.0 Å². The molecule has 0 bridgehead atoms. The number of esters is 1. The molecule has 170 valence electrons. The lowest BCUT2D eigenvalue weighted by molar-refractivity contribution is -0.138. The van der Waals surface area contributed by atoms with Gasteiger partial charge in [0, 0.05) is 19.5 Å². The van der Waals surface area contributed by atoms with Crippen LogP contribution in [-0.2, 0) is 20.7 Å². The van der Waals surface area contributed by atoms with Crippen molar-refractivity contribution in [2.45, 2.75) is 19.3 Å². The summed E-state index contributed by atoms with van der Waals surface area (Å²) in [5, 5.41) is 4.89. The van der Waals surface area contributed by atoms with Gasteiger partial charge in [0.05, 0.1) is 17.7 Å². The molecule has 2 aliphatic rings. The van der Waals surface area contributed by atoms with Crippen LogP contribution >= 0.6 is 0 Å². The molecule has 0 aliphatic carbocycles. The summed E-state index contributed by atoms with van der Waals surface area (Å²) < 4.78 is 5.22. The van der Waals surface area contributed by atoms with E-state index in [9.17, 15) is 19.2 Å². The molecule has 0 radical (unpaired) electrons. The number of nitrogens with two attached hydrogens (primary N) is 1. The molecule has 4 amide bonds. The van der Waals surface area contributed by atoms with Gasteiger partial charge in [-0.2, -0.15) is 5.10 Å². The zero-order valence-corrected chi connectivity index (χ0v) is 18.0. The Kier molecular flexibility index (Phi) is 6.21. The average Bonchev–Trinajstić information content (AvgIpc) is 3.11. The predicted octanol–water partition coefficient (Wildman–Crippen LogP) is 1.97. The highest BCUT2D eigenvalue weighted by Gasteiger charge is 2.55. The van der Waals surface area contributed by atoms with Crippen molar-refractivity contribution in [3.63, 3.8) is 0 Å². The zero-order chi connectivity index (χ0) is 23.4. The predicted molar refractivity (Wildman–Crippen MR) is 119 cm³/mol. The number of fused-ring (bicyclic) bond motifs is 1. The molecule has 9 heteroatoms. The minimum Gasteiger partial charge on any atom is -0.462 e. The van der Waals surface area contributed by atoms with Crippen molar-refractivity contribution < 1.29 is 23.9 Å². The molecule has 33 heavy (non-hydrogen) atoms. The summed E-state index contributed by atoms with van der Waals surface area (Å²) in [6.07, 6.45) is 0.625. The summed E-state index contributed by atoms with van der Waals surface area (Å²) >= 11 is 0. The molecule has 0 aromatic heterocycles. The highest BCUT2D eigenvalue weighted by atomic mass is 16.5. The van der Waals surface area contributed by atoms with E-state index < -0.39 is 23.3 Å². The Labute approximate surface area is 190 Å². The second kappa shape index (κ2) is 9.23. The summed E-state index contributed by atoms with van der Waals surface area (Å²) in [4.78, 5) is 51.6. The van der Waals surface area contributed by atoms with Gasteiger partial charge in [-0.3, -0.25) is 9.59 Å². The second-order valence-corrected chi connectivity index (χ2v) is 8.06. The average molecular weight is 448 g/mol. The van der Waals surface area contributed by atoms with E-state index in [1.807, 2.05) is 30.3 Å². The number of ether oxygens (including phenoxy) is 1. The Morgan fingerprint density at radius 2 is 1.70 bits per heavy atom. The highest BCUT2D eigenvalue weighted by Crippen LogP contribution is 2.38. The van der Waals surface area contributed by atoms with E-state index in [1.165, 1.54) is 0 Å². The number of hydrogen-bond donors (Lipinski definition) is 1. The monoisotopic (exact) mass is 448 g/mol. The van der Waals surface area contributed by atoms with Crippen LogP contribution in [0.4, 0.5) is 4.79 Å². The Balaban J connectivity index is 1.46. The lowest BCUT2D eigenvalue weighted by atomic mass is 9.73. The van der Waals surface area contributed by atoms with E-state index in [1.54, 1.807) is 35.2 Å². The number of likely N-dealkylation sites (tertiary alicyclic amines) is 1. The van der Waals surface area contributed by atoms with Crippen molar-refractivity contribution >= 4 is 29.5 Å². The molecule has 0 spiro atoms. The lowest BCUT2D eigenvalue weighted by Crippen LogP contribution is -2.56. The van der Waals surface area contributed by atoms with E-state index >= 15 is 0 Å². The van der Waals surface area contributed by atoms with Crippen LogP contribution in [0.25, 0.3) is 0 Å². The number of primary amides is 1. The smallest absolute Gasteiger partial charge is 0.342 e. The van der Waals surface area contributed by atoms with Crippen molar-refractivity contribution in [3.8, 4) is 0 Å². The number of carbonyl (C=O) groups is 4. The number of urea groups is 1. The van der Waals surface area contributed by atoms with Crippen LogP contribution < -0.4 is 5.73 Å². The van der Waals surface area contributed by atoms with Crippen molar-refractivity contribution in [2.75, 3.05) is 19.7 Å². The van der Waals surface area contributed by atoms with Gasteiger partial charge in [-0.1, -0.05) is 48.5 Å². The van der Waals surface area contributed by atoms with Crippen LogP contribution in [0.2, 0.25) is 0 Å². The molecule has 9 nitrogen and oxygen atoms in total. The van der Waals surface area contributed by atoms with Crippen molar-refractivity contribution in [1.29, 1.82) is 0 Å². The molecule has 0 saturated carbocycles. The summed E-state index contributed by atoms with van der Waals surface area (Å²) in [6, 6.07) is 17.0. The maximum atomic E-state index is 13.2. The molecular formula is C24H24N4O5. The molecule has 1 atom stereocenters. The number of piperidine rings is 1. The molecule has 2 aromatic rings. The third kappa shape index (κ3) is 4.48. The van der Waals surface area contributed by atoms with Gasteiger partial charge in [-0.05, 0) is 24.1 Å². The topological polar surface area (TPSA) is 122 Å². The fourth-order valence-corrected chi connectivity index (χ4v) is 4.27. The van der Waals surface area contributed by atoms with E-state index in [0.717, 1.165) is 5.56 Å². The summed E-state index contributed by atoms with van der Waals surface area (Å²) in [5.41, 5.74) is 6.06. The van der Waals surface area contributed by atoms with Gasteiger partial charge in [-0.25, -0.2) is 9.59 Å². The number of carbonyl (C=O) groups excluding carboxylic acids is 4. The van der Waals surface area contributed by atoms with E-state index in [0.29, 0.717) is 35.7 Å². The fraction of sp³-hybridized carbons (Fsp3) is 0.292. The van der Waals surface area contributed by atoms with Crippen LogP contribution in [0.15, 0.2) is 65.8 Å². The first-order valence-corrected chi connectivity index (χ1v) is 10.7. The number of hydrazone groups is 1. The minimum absolute atomic E-state index is 0.0137. The molecule has 2 N–H and O–H groups in total. The summed E-state index contributed by atoms with van der Waals surface area (Å²) in [7, 11) is 0. The second-order valence-electron chi connectivity index (χ2n) is 8.06. The van der Waals surface area contributed by atoms with Gasteiger partial charge in [-0.15, -0.1) is 5.01 Å². The van der Waals surface area contributed by atoms with E-state index in [4.69, 9.17) is 10.5 Å². The SMILES string of the molecule is NC(=O)N1N=C2CCN(C(=O)CCOC(=O)c3ccccc3)CC2(Cc2ccccc2)C1=O. The number of nitrogens with zero attached hydrogens (tertiary/aromatic N) is 3. The van der Waals surface area contributed by atoms with Gasteiger partial charge < -0.3 is 15.4 Å². The molecular weight excluding hydrogens is 424 g/mol. The van der Waals surface area contributed by atoms with Crippen LogP contribution in [0.3, 0.4) is 0 Å². The Morgan fingerprint density at radius 3 is 2.36 bits per heavy atom. The highest BCUT2D eigenvalue weighted by molar-refractivity contribution is 6.17. The van der Waals surface area contributed by atoms with E-state index in [-0.39, 0.29) is 25.5 Å². The normalized spacial score (nSPS) is 19.6. The fourth-order valence-electron chi connectivity index (χ4n) is 4.27.